The quantitative estimate of drug-likeness (QED) is 0.0135. The molecule has 8 aromatic rings. The number of benzene rings is 8. The van der Waals surface area contributed by atoms with E-state index in [9.17, 15) is 19.2 Å². The summed E-state index contributed by atoms with van der Waals surface area (Å²) in [6.07, 6.45) is 18.8. The molecule has 0 unspecified atom stereocenters. The van der Waals surface area contributed by atoms with Gasteiger partial charge in [0.15, 0.2) is 0 Å². The Kier molecular flexibility index (Phi) is 29.4. The minimum Gasteiger partial charge on any atom is -0.496 e. The van der Waals surface area contributed by atoms with E-state index in [0.717, 1.165) is 77.0 Å². The molecule has 544 valence electrons. The van der Waals surface area contributed by atoms with Crippen molar-refractivity contribution in [1.82, 2.24) is 0 Å². The fraction of sp³-hybridized carbons (Fsp3) is 0.286. The number of fused-ring (bicyclic) bond motifs is 8. The second-order valence-electron chi connectivity index (χ2n) is 25.0. The van der Waals surface area contributed by atoms with Crippen LogP contribution in [0, 0.1) is 0 Å². The summed E-state index contributed by atoms with van der Waals surface area (Å²) in [5.41, 5.74) is 8.69. The first-order valence-corrected chi connectivity index (χ1v) is 35.2. The smallest absolute Gasteiger partial charge is 0.323 e. The number of carbonyl (C=O) groups is 4. The largest absolute Gasteiger partial charge is 0.496 e. The maximum absolute atomic E-state index is 14.3. The first-order chi connectivity index (χ1) is 50.8. The van der Waals surface area contributed by atoms with Crippen LogP contribution in [0.25, 0.3) is 0 Å². The van der Waals surface area contributed by atoms with Crippen molar-refractivity contribution in [1.29, 1.82) is 0 Å². The molecule has 0 aromatic heterocycles. The molecule has 0 saturated carbocycles. The number of nitrogens with one attached hydrogen (secondary N) is 8. The van der Waals surface area contributed by atoms with Crippen LogP contribution in [0.3, 0.4) is 0 Å². The third-order valence-corrected chi connectivity index (χ3v) is 17.0. The molecule has 20 nitrogen and oxygen atoms in total. The minimum atomic E-state index is -0.529. The lowest BCUT2D eigenvalue weighted by Gasteiger charge is -2.23. The van der Waals surface area contributed by atoms with Crippen molar-refractivity contribution < 1.29 is 57.1 Å². The summed E-state index contributed by atoms with van der Waals surface area (Å²) in [5, 5.41) is 24.4. The normalized spacial score (nSPS) is 11.3. The van der Waals surface area contributed by atoms with Gasteiger partial charge in [-0.15, -0.1) is 26.3 Å². The molecule has 8 N–H and O–H groups in total. The van der Waals surface area contributed by atoms with Gasteiger partial charge in [-0.1, -0.05) is 48.6 Å². The fourth-order valence-corrected chi connectivity index (χ4v) is 12.4. The zero-order valence-electron chi connectivity index (χ0n) is 60.0. The number of carbonyl (C=O) groups excluding carboxylic acids is 4. The van der Waals surface area contributed by atoms with Gasteiger partial charge in [-0.2, -0.15) is 0 Å². The standard InChI is InChI=1S/C84H96N8O12/c1-9-13-17-21-37-101-73-33-25-29-65(53-73)85-81(93)89-69-45-57-41-59-47-70(90-82(94)86-66-30-26-34-74(54-66)102-38-22-18-14-10-2)49-61(78(59)98-6)43-63-51-72(92-84(96)88-68-32-28-36-76(56-68)104-40-24-20-16-12-4)52-64(80(63)100-8)44-62-50-71(48-60(79(62)99-7)42-58(46-69)77(57)97-5)91-83(95)87-67-31-27-35-75(55-67)103-39-23-19-15-11-3/h9-12,25-36,45-56H,1-4,13-24,37-44H2,5-8H3,(H2,85,89,93)(H2,86,90,94)(H2,87,91,95)(H2,88,92,96). The summed E-state index contributed by atoms with van der Waals surface area (Å²) >= 11 is 0. The molecule has 0 spiro atoms. The van der Waals surface area contributed by atoms with Crippen molar-refractivity contribution in [2.24, 2.45) is 0 Å². The van der Waals surface area contributed by atoms with E-state index in [2.05, 4.69) is 68.9 Å². The Labute approximate surface area is 610 Å². The maximum atomic E-state index is 14.3. The molecular weight excluding hydrogens is 1310 g/mol. The summed E-state index contributed by atoms with van der Waals surface area (Å²) in [4.78, 5) is 57.4. The van der Waals surface area contributed by atoms with Crippen molar-refractivity contribution in [3.05, 3.63) is 241 Å². The Bertz CT molecular complexity index is 3650. The van der Waals surface area contributed by atoms with Crippen LogP contribution in [-0.4, -0.2) is 79.0 Å². The average molecular weight is 1410 g/mol. The van der Waals surface area contributed by atoms with Crippen LogP contribution in [0.5, 0.6) is 46.0 Å². The molecule has 0 heterocycles. The van der Waals surface area contributed by atoms with Crippen molar-refractivity contribution >= 4 is 69.6 Å². The van der Waals surface area contributed by atoms with Crippen LogP contribution in [0.15, 0.2) is 196 Å². The van der Waals surface area contributed by atoms with Crippen LogP contribution in [0.2, 0.25) is 0 Å². The van der Waals surface area contributed by atoms with Gasteiger partial charge >= 0.3 is 24.1 Å². The third-order valence-electron chi connectivity index (χ3n) is 17.0. The van der Waals surface area contributed by atoms with Crippen LogP contribution >= 0.6 is 0 Å². The zero-order chi connectivity index (χ0) is 73.4. The zero-order valence-corrected chi connectivity index (χ0v) is 60.0. The number of unbranched alkanes of at least 4 members (excludes halogenated alkanes) is 8. The Balaban J connectivity index is 1.15. The van der Waals surface area contributed by atoms with E-state index in [0.29, 0.717) is 162 Å². The molecule has 0 fully saturated rings. The fourth-order valence-electron chi connectivity index (χ4n) is 12.4. The van der Waals surface area contributed by atoms with Crippen LogP contribution in [0.1, 0.15) is 122 Å². The molecule has 0 saturated heterocycles. The van der Waals surface area contributed by atoms with E-state index in [1.165, 1.54) is 0 Å². The number of amides is 8. The van der Waals surface area contributed by atoms with E-state index in [1.807, 2.05) is 121 Å². The number of anilines is 8. The van der Waals surface area contributed by atoms with Crippen LogP contribution < -0.4 is 80.4 Å². The van der Waals surface area contributed by atoms with Gasteiger partial charge in [-0.3, -0.25) is 0 Å². The molecule has 8 bridgehead atoms. The van der Waals surface area contributed by atoms with E-state index in [4.69, 9.17) is 37.9 Å². The van der Waals surface area contributed by atoms with Crippen molar-refractivity contribution in [3.8, 4) is 46.0 Å². The topological polar surface area (TPSA) is 238 Å². The lowest BCUT2D eigenvalue weighted by Crippen LogP contribution is -2.20. The minimum absolute atomic E-state index is 0.121. The Morgan fingerprint density at radius 2 is 0.481 bits per heavy atom. The molecule has 0 atom stereocenters. The molecule has 1 aliphatic rings. The highest BCUT2D eigenvalue weighted by Gasteiger charge is 2.26. The Hall–Kier alpha value is -11.8. The Morgan fingerprint density at radius 3 is 0.663 bits per heavy atom. The molecule has 8 aromatic carbocycles. The number of hydrogen-bond donors (Lipinski definition) is 8. The van der Waals surface area contributed by atoms with Gasteiger partial charge in [0.05, 0.1) is 54.9 Å². The van der Waals surface area contributed by atoms with Gasteiger partial charge < -0.3 is 80.4 Å². The predicted molar refractivity (Wildman–Crippen MR) is 418 cm³/mol. The van der Waals surface area contributed by atoms with E-state index in [-0.39, 0.29) is 25.7 Å². The highest BCUT2D eigenvalue weighted by molar-refractivity contribution is 6.02. The van der Waals surface area contributed by atoms with Crippen LogP contribution in [0.4, 0.5) is 64.7 Å². The average Bonchev–Trinajstić information content (AvgIpc) is 0.774. The number of hydrogen-bond acceptors (Lipinski definition) is 12. The van der Waals surface area contributed by atoms with Gasteiger partial charge in [0, 0.05) is 140 Å². The first-order valence-electron chi connectivity index (χ1n) is 35.2. The number of urea groups is 4. The number of allylic oxidation sites excluding steroid dienone is 4. The van der Waals surface area contributed by atoms with Gasteiger partial charge in [0.1, 0.15) is 46.0 Å². The highest BCUT2D eigenvalue weighted by Crippen LogP contribution is 2.43. The summed E-state index contributed by atoms with van der Waals surface area (Å²) in [5.74, 6) is 4.34. The summed E-state index contributed by atoms with van der Waals surface area (Å²) in [7, 11) is 6.34. The molecule has 104 heavy (non-hydrogen) atoms. The molecule has 20 heteroatoms. The predicted octanol–water partition coefficient (Wildman–Crippen LogP) is 19.9. The first kappa shape index (κ1) is 76.4. The maximum Gasteiger partial charge on any atom is 0.323 e. The van der Waals surface area contributed by atoms with Crippen molar-refractivity contribution in [3.63, 3.8) is 0 Å². The molecule has 1 aliphatic carbocycles. The number of methoxy groups -OCH3 is 4. The van der Waals surface area contributed by atoms with Crippen molar-refractivity contribution in [2.45, 2.75) is 103 Å². The summed E-state index contributed by atoms with van der Waals surface area (Å²) in [6.45, 7) is 17.3. The molecular formula is C84H96N8O12. The number of rotatable bonds is 36. The molecule has 0 aliphatic heterocycles. The third kappa shape index (κ3) is 23.1. The van der Waals surface area contributed by atoms with Gasteiger partial charge in [-0.25, -0.2) is 19.2 Å². The van der Waals surface area contributed by atoms with Gasteiger partial charge in [0.2, 0.25) is 0 Å². The summed E-state index contributed by atoms with van der Waals surface area (Å²) < 4.78 is 50.0. The lowest BCUT2D eigenvalue weighted by molar-refractivity contribution is 0.261. The number of ether oxygens (including phenoxy) is 8. The van der Waals surface area contributed by atoms with Crippen molar-refractivity contribution in [2.75, 3.05) is 97.4 Å². The summed E-state index contributed by atoms with van der Waals surface area (Å²) in [6, 6.07) is 41.5. The van der Waals surface area contributed by atoms with E-state index >= 15 is 0 Å². The lowest BCUT2D eigenvalue weighted by atomic mass is 9.90. The molecule has 0 radical (unpaired) electrons. The van der Waals surface area contributed by atoms with E-state index < -0.39 is 24.1 Å². The van der Waals surface area contributed by atoms with Crippen LogP contribution in [-0.2, 0) is 25.7 Å². The monoisotopic (exact) mass is 1410 g/mol. The second kappa shape index (κ2) is 40.0. The van der Waals surface area contributed by atoms with E-state index in [1.54, 1.807) is 77.0 Å². The van der Waals surface area contributed by atoms with Gasteiger partial charge in [-0.05, 0) is 174 Å². The highest BCUT2D eigenvalue weighted by atomic mass is 16.5. The second-order valence-corrected chi connectivity index (χ2v) is 25.0. The SMILES string of the molecule is C=CCCCCOc1cccc(NC(=O)Nc2cc3c(OC)c(c2)Cc2cc(NC(=O)Nc4cccc(OCCCCC=C)c4)cc(c2OC)Cc2cc(NC(=O)Nc4cccc(OCCCCC=C)c4)cc(c2OC)Cc2cc(NC(=O)Nc4cccc(OCCCCC=C)c4)cc(c2OC)C3)c1. The Morgan fingerprint density at radius 1 is 0.288 bits per heavy atom. The molecule has 8 amide bonds. The van der Waals surface area contributed by atoms with Gasteiger partial charge in [0.25, 0.3) is 0 Å². The molecule has 9 rings (SSSR count).